The first-order valence-electron chi connectivity index (χ1n) is 12.3. The van der Waals surface area contributed by atoms with Crippen LogP contribution >= 0.6 is 0 Å². The predicted octanol–water partition coefficient (Wildman–Crippen LogP) is 5.70. The van der Waals surface area contributed by atoms with Crippen LogP contribution in [0.5, 0.6) is 0 Å². The number of allylic oxidation sites excluding steroid dienone is 1. The molecule has 4 aliphatic carbocycles. The molecule has 0 aromatic carbocycles. The number of ether oxygens (including phenoxy) is 2. The van der Waals surface area contributed by atoms with Crippen LogP contribution in [-0.4, -0.2) is 25.2 Å². The van der Waals surface area contributed by atoms with Crippen molar-refractivity contribution in [1.82, 2.24) is 0 Å². The van der Waals surface area contributed by atoms with Gasteiger partial charge in [-0.2, -0.15) is 0 Å². The average molecular weight is 417 g/mol. The van der Waals surface area contributed by atoms with E-state index in [-0.39, 0.29) is 18.0 Å². The highest BCUT2D eigenvalue weighted by atomic mass is 16.5. The third-order valence-corrected chi connectivity index (χ3v) is 9.53. The van der Waals surface area contributed by atoms with E-state index < -0.39 is 0 Å². The lowest BCUT2D eigenvalue weighted by Crippen LogP contribution is -2.47. The first kappa shape index (κ1) is 21.9. The van der Waals surface area contributed by atoms with Crippen molar-refractivity contribution in [3.05, 3.63) is 11.6 Å². The van der Waals surface area contributed by atoms with E-state index in [1.165, 1.54) is 52.6 Å². The highest BCUT2D eigenvalue weighted by Gasteiger charge is 2.56. The minimum atomic E-state index is -0.139. The topological polar surface area (TPSA) is 52.6 Å². The number of hydrogen-bond donors (Lipinski definition) is 0. The maximum atomic E-state index is 11.6. The van der Waals surface area contributed by atoms with Crippen LogP contribution in [0.1, 0.15) is 85.0 Å². The smallest absolute Gasteiger partial charge is 0.305 e. The van der Waals surface area contributed by atoms with Gasteiger partial charge in [-0.05, 0) is 92.3 Å². The SMILES string of the molecule is COC(=O)CCC(C)C1CCC2C3CC=C4CC(OC(C)=O)CCC4C3CCC12C. The monoisotopic (exact) mass is 416 g/mol. The second kappa shape index (κ2) is 8.67. The number of carbonyl (C=O) groups excluding carboxylic acids is 2. The molecule has 0 amide bonds. The van der Waals surface area contributed by atoms with E-state index in [0.29, 0.717) is 17.8 Å². The molecule has 4 heteroatoms. The summed E-state index contributed by atoms with van der Waals surface area (Å²) < 4.78 is 10.4. The van der Waals surface area contributed by atoms with Gasteiger partial charge in [-0.3, -0.25) is 9.59 Å². The zero-order valence-electron chi connectivity index (χ0n) is 19.3. The molecule has 4 aliphatic rings. The van der Waals surface area contributed by atoms with Gasteiger partial charge >= 0.3 is 11.9 Å². The van der Waals surface area contributed by atoms with Gasteiger partial charge in [0.05, 0.1) is 7.11 Å². The molecule has 8 atom stereocenters. The summed E-state index contributed by atoms with van der Waals surface area (Å²) in [6.07, 6.45) is 13.9. The highest BCUT2D eigenvalue weighted by molar-refractivity contribution is 5.69. The zero-order chi connectivity index (χ0) is 21.5. The highest BCUT2D eigenvalue weighted by Crippen LogP contribution is 2.64. The summed E-state index contributed by atoms with van der Waals surface area (Å²) in [5, 5.41) is 0. The number of esters is 2. The normalized spacial score (nSPS) is 41.0. The molecule has 0 aromatic rings. The summed E-state index contributed by atoms with van der Waals surface area (Å²) in [4.78, 5) is 23.0. The molecule has 0 bridgehead atoms. The van der Waals surface area contributed by atoms with E-state index >= 15 is 0 Å². The van der Waals surface area contributed by atoms with Gasteiger partial charge in [0.25, 0.3) is 0 Å². The summed E-state index contributed by atoms with van der Waals surface area (Å²) in [5.41, 5.74) is 2.01. The third-order valence-electron chi connectivity index (χ3n) is 9.53. The molecule has 3 fully saturated rings. The molecule has 168 valence electrons. The molecule has 4 nitrogen and oxygen atoms in total. The van der Waals surface area contributed by atoms with Crippen LogP contribution in [0, 0.1) is 40.9 Å². The Balaban J connectivity index is 1.44. The first-order chi connectivity index (χ1) is 14.3. The van der Waals surface area contributed by atoms with Gasteiger partial charge in [0.2, 0.25) is 0 Å². The van der Waals surface area contributed by atoms with Crippen LogP contribution < -0.4 is 0 Å². The number of hydrogen-bond acceptors (Lipinski definition) is 4. The van der Waals surface area contributed by atoms with Gasteiger partial charge in [0, 0.05) is 19.8 Å². The second-order valence-electron chi connectivity index (χ2n) is 10.9. The fourth-order valence-electron chi connectivity index (χ4n) is 8.19. The van der Waals surface area contributed by atoms with Crippen LogP contribution in [0.15, 0.2) is 11.6 Å². The van der Waals surface area contributed by atoms with Gasteiger partial charge in [-0.25, -0.2) is 0 Å². The summed E-state index contributed by atoms with van der Waals surface area (Å²) in [5.74, 6) is 4.30. The van der Waals surface area contributed by atoms with Gasteiger partial charge in [-0.15, -0.1) is 0 Å². The molecule has 30 heavy (non-hydrogen) atoms. The molecule has 0 spiro atoms. The van der Waals surface area contributed by atoms with Gasteiger partial charge in [0.15, 0.2) is 0 Å². The van der Waals surface area contributed by atoms with Crippen molar-refractivity contribution in [2.45, 2.75) is 91.1 Å². The molecular weight excluding hydrogens is 376 g/mol. The summed E-state index contributed by atoms with van der Waals surface area (Å²) in [7, 11) is 1.49. The molecule has 0 aliphatic heterocycles. The van der Waals surface area contributed by atoms with E-state index in [9.17, 15) is 9.59 Å². The molecule has 0 saturated heterocycles. The number of methoxy groups -OCH3 is 1. The van der Waals surface area contributed by atoms with E-state index in [1.54, 1.807) is 5.57 Å². The zero-order valence-corrected chi connectivity index (χ0v) is 19.3. The first-order valence-corrected chi connectivity index (χ1v) is 12.3. The summed E-state index contributed by atoms with van der Waals surface area (Å²) in [6, 6.07) is 0. The Kier molecular flexibility index (Phi) is 6.33. The van der Waals surface area contributed by atoms with Crippen LogP contribution in [0.25, 0.3) is 0 Å². The molecule has 0 radical (unpaired) electrons. The largest absolute Gasteiger partial charge is 0.469 e. The molecule has 4 rings (SSSR count). The van der Waals surface area contributed by atoms with Crippen LogP contribution in [0.4, 0.5) is 0 Å². The van der Waals surface area contributed by atoms with Gasteiger partial charge in [-0.1, -0.05) is 25.5 Å². The number of fused-ring (bicyclic) bond motifs is 5. The van der Waals surface area contributed by atoms with Crippen molar-refractivity contribution >= 4 is 11.9 Å². The lowest BCUT2D eigenvalue weighted by Gasteiger charge is -2.54. The van der Waals surface area contributed by atoms with Crippen molar-refractivity contribution < 1.29 is 19.1 Å². The van der Waals surface area contributed by atoms with Crippen molar-refractivity contribution in [1.29, 1.82) is 0 Å². The average Bonchev–Trinajstić information content (AvgIpc) is 3.08. The maximum Gasteiger partial charge on any atom is 0.305 e. The third kappa shape index (κ3) is 3.96. The predicted molar refractivity (Wildman–Crippen MR) is 117 cm³/mol. The Hall–Kier alpha value is -1.32. The van der Waals surface area contributed by atoms with Crippen LogP contribution in [0.3, 0.4) is 0 Å². The van der Waals surface area contributed by atoms with E-state index in [0.717, 1.165) is 48.9 Å². The Bertz CT molecular complexity index is 697. The Morgan fingerprint density at radius 2 is 1.97 bits per heavy atom. The van der Waals surface area contributed by atoms with Crippen molar-refractivity contribution in [2.75, 3.05) is 7.11 Å². The molecule has 8 unspecified atom stereocenters. The van der Waals surface area contributed by atoms with Crippen molar-refractivity contribution in [2.24, 2.45) is 40.9 Å². The van der Waals surface area contributed by atoms with Crippen molar-refractivity contribution in [3.8, 4) is 0 Å². The Labute approximate surface area is 182 Å². The van der Waals surface area contributed by atoms with Gasteiger partial charge < -0.3 is 9.47 Å². The molecule has 3 saturated carbocycles. The van der Waals surface area contributed by atoms with E-state index in [1.807, 2.05) is 0 Å². The Morgan fingerprint density at radius 3 is 2.70 bits per heavy atom. The molecule has 0 heterocycles. The Morgan fingerprint density at radius 1 is 1.17 bits per heavy atom. The molecular formula is C26H40O4. The maximum absolute atomic E-state index is 11.6. The lowest BCUT2D eigenvalue weighted by molar-refractivity contribution is -0.147. The van der Waals surface area contributed by atoms with Crippen LogP contribution in [0.2, 0.25) is 0 Å². The standard InChI is InChI=1S/C26H40O4/c1-16(5-12-25(28)29-4)23-10-11-24-22-8-6-18-15-19(30-17(2)27)7-9-20(18)21(22)13-14-26(23,24)3/h6,16,19-24H,5,7-15H2,1-4H3. The minimum Gasteiger partial charge on any atom is -0.469 e. The van der Waals surface area contributed by atoms with E-state index in [4.69, 9.17) is 9.47 Å². The number of carbonyl (C=O) groups is 2. The quantitative estimate of drug-likeness (QED) is 0.426. The van der Waals surface area contributed by atoms with Crippen LogP contribution in [-0.2, 0) is 19.1 Å². The van der Waals surface area contributed by atoms with Crippen molar-refractivity contribution in [3.63, 3.8) is 0 Å². The second-order valence-corrected chi connectivity index (χ2v) is 10.9. The summed E-state index contributed by atoms with van der Waals surface area (Å²) >= 11 is 0. The van der Waals surface area contributed by atoms with Gasteiger partial charge in [0.1, 0.15) is 6.10 Å². The molecule has 0 N–H and O–H groups in total. The minimum absolute atomic E-state index is 0.0699. The number of rotatable bonds is 5. The fourth-order valence-corrected chi connectivity index (χ4v) is 8.19. The van der Waals surface area contributed by atoms with E-state index in [2.05, 4.69) is 19.9 Å². The lowest BCUT2D eigenvalue weighted by atomic mass is 9.51. The fraction of sp³-hybridized carbons (Fsp3) is 0.846. The summed E-state index contributed by atoms with van der Waals surface area (Å²) in [6.45, 7) is 6.46. The molecule has 0 aromatic heterocycles.